The Bertz CT molecular complexity index is 1420. The van der Waals surface area contributed by atoms with Gasteiger partial charge in [0.15, 0.2) is 12.4 Å². The molecule has 1 saturated carbocycles. The van der Waals surface area contributed by atoms with E-state index in [1.165, 1.54) is 122 Å². The number of aliphatic hydroxyl groups is 8. The summed E-state index contributed by atoms with van der Waals surface area (Å²) in [6, 6.07) is 0. The number of esters is 2. The van der Waals surface area contributed by atoms with Crippen LogP contribution in [0.4, 0.5) is 0 Å². The van der Waals surface area contributed by atoms with Gasteiger partial charge in [-0.15, -0.1) is 0 Å². The molecule has 418 valence electrons. The molecule has 9 N–H and O–H groups in total. The molecular weight excluding hydrogens is 944 g/mol. The maximum Gasteiger partial charge on any atom is 0.472 e. The van der Waals surface area contributed by atoms with Crippen molar-refractivity contribution >= 4 is 19.8 Å². The molecule has 0 amide bonds. The lowest BCUT2D eigenvalue weighted by Crippen LogP contribution is -2.67. The molecule has 1 heterocycles. The maximum absolute atomic E-state index is 13.4. The Labute approximate surface area is 424 Å². The van der Waals surface area contributed by atoms with E-state index in [9.17, 15) is 59.9 Å². The van der Waals surface area contributed by atoms with Gasteiger partial charge in [0.2, 0.25) is 0 Å². The molecule has 0 bridgehead atoms. The van der Waals surface area contributed by atoms with Crippen LogP contribution in [-0.4, -0.2) is 151 Å². The van der Waals surface area contributed by atoms with Gasteiger partial charge in [0.1, 0.15) is 67.6 Å². The third-order valence-electron chi connectivity index (χ3n) is 13.5. The van der Waals surface area contributed by atoms with Crippen LogP contribution in [0.3, 0.4) is 0 Å². The lowest BCUT2D eigenvalue weighted by Gasteiger charge is -2.47. The minimum atomic E-state index is -5.38. The van der Waals surface area contributed by atoms with Gasteiger partial charge in [-0.3, -0.25) is 18.6 Å². The smallest absolute Gasteiger partial charge is 0.462 e. The Morgan fingerprint density at radius 2 is 0.930 bits per heavy atom. The first kappa shape index (κ1) is 65.5. The van der Waals surface area contributed by atoms with E-state index in [-0.39, 0.29) is 12.8 Å². The predicted octanol–water partition coefficient (Wildman–Crippen LogP) is 7.28. The second-order valence-corrected chi connectivity index (χ2v) is 21.2. The van der Waals surface area contributed by atoms with Crippen LogP contribution in [0.15, 0.2) is 12.2 Å². The highest BCUT2D eigenvalue weighted by molar-refractivity contribution is 7.47. The lowest BCUT2D eigenvalue weighted by atomic mass is 9.84. The van der Waals surface area contributed by atoms with E-state index in [1.54, 1.807) is 0 Å². The van der Waals surface area contributed by atoms with Gasteiger partial charge in [0, 0.05) is 12.8 Å². The van der Waals surface area contributed by atoms with Gasteiger partial charge in [0.25, 0.3) is 0 Å². The molecule has 71 heavy (non-hydrogen) atoms. The quantitative estimate of drug-likeness (QED) is 0.0126. The molecule has 0 aromatic heterocycles. The number of ether oxygens (including phenoxy) is 4. The molecule has 0 aromatic rings. The summed E-state index contributed by atoms with van der Waals surface area (Å²) < 4.78 is 45.5. The number of hydrogen-bond acceptors (Lipinski definition) is 17. The molecule has 13 atom stereocenters. The van der Waals surface area contributed by atoms with E-state index >= 15 is 0 Å². The van der Waals surface area contributed by atoms with Crippen LogP contribution in [0.25, 0.3) is 0 Å². The summed E-state index contributed by atoms with van der Waals surface area (Å²) in [7, 11) is -5.38. The molecular formula is C52H97O18P. The first-order valence-electron chi connectivity index (χ1n) is 27.5. The van der Waals surface area contributed by atoms with Gasteiger partial charge in [-0.2, -0.15) is 0 Å². The topological polar surface area (TPSA) is 289 Å². The molecule has 2 fully saturated rings. The van der Waals surface area contributed by atoms with Crippen molar-refractivity contribution in [2.75, 3.05) is 19.8 Å². The Morgan fingerprint density at radius 3 is 1.41 bits per heavy atom. The molecule has 0 radical (unpaired) electrons. The summed E-state index contributed by atoms with van der Waals surface area (Å²) in [5, 5.41) is 83.1. The first-order chi connectivity index (χ1) is 34.2. The highest BCUT2D eigenvalue weighted by Gasteiger charge is 2.55. The number of rotatable bonds is 43. The predicted molar refractivity (Wildman–Crippen MR) is 268 cm³/mol. The molecule has 1 aliphatic carbocycles. The highest BCUT2D eigenvalue weighted by atomic mass is 31.2. The zero-order chi connectivity index (χ0) is 52.3. The van der Waals surface area contributed by atoms with Crippen molar-refractivity contribution in [3.8, 4) is 0 Å². The average molecular weight is 1040 g/mol. The van der Waals surface area contributed by atoms with E-state index in [0.29, 0.717) is 12.8 Å². The van der Waals surface area contributed by atoms with Crippen molar-refractivity contribution in [1.82, 2.24) is 0 Å². The molecule has 1 saturated heterocycles. The summed E-state index contributed by atoms with van der Waals surface area (Å²) in [5.41, 5.74) is 0. The summed E-state index contributed by atoms with van der Waals surface area (Å²) in [5.74, 6) is -1.22. The molecule has 0 spiro atoms. The van der Waals surface area contributed by atoms with Crippen molar-refractivity contribution in [2.24, 2.45) is 0 Å². The molecule has 0 aromatic carbocycles. The van der Waals surface area contributed by atoms with E-state index in [1.807, 2.05) is 0 Å². The standard InChI is InChI=1S/C52H97O18P/c1-3-5-7-9-11-13-15-17-19-20-21-23-25-27-29-31-33-35-42(55)67-39(37-65-41(54)34-32-30-28-26-24-22-18-16-14-12-10-8-6-4-2)38-66-71(63,64)70-51-48(61)46(59)45(58)47(60)50(51)69-52-49(62)44(57)43(56)40(36-53)68-52/h22,24,39-40,43-53,56-62H,3-21,23,25-38H2,1-2H3,(H,63,64)/b24-22-. The van der Waals surface area contributed by atoms with Crippen LogP contribution in [-0.2, 0) is 42.1 Å². The third-order valence-corrected chi connectivity index (χ3v) is 14.5. The van der Waals surface area contributed by atoms with E-state index in [0.717, 1.165) is 51.4 Å². The summed E-state index contributed by atoms with van der Waals surface area (Å²) in [6.07, 6.45) is 14.3. The van der Waals surface area contributed by atoms with Gasteiger partial charge < -0.3 is 64.7 Å². The van der Waals surface area contributed by atoms with Crippen LogP contribution in [0.5, 0.6) is 0 Å². The van der Waals surface area contributed by atoms with Crippen LogP contribution in [0.2, 0.25) is 0 Å². The fourth-order valence-electron chi connectivity index (χ4n) is 8.93. The van der Waals surface area contributed by atoms with Crippen molar-refractivity contribution in [3.05, 3.63) is 12.2 Å². The molecule has 13 unspecified atom stereocenters. The second-order valence-electron chi connectivity index (χ2n) is 19.8. The van der Waals surface area contributed by atoms with E-state index in [4.69, 9.17) is 28.0 Å². The Hall–Kier alpha value is -1.61. The molecule has 1 aliphatic heterocycles. The molecule has 2 rings (SSSR count). The summed E-state index contributed by atoms with van der Waals surface area (Å²) >= 11 is 0. The van der Waals surface area contributed by atoms with Crippen LogP contribution in [0, 0.1) is 0 Å². The van der Waals surface area contributed by atoms with E-state index in [2.05, 4.69) is 26.0 Å². The Balaban J connectivity index is 1.91. The summed E-state index contributed by atoms with van der Waals surface area (Å²) in [6.45, 7) is 2.24. The average Bonchev–Trinajstić information content (AvgIpc) is 3.35. The number of carbonyl (C=O) groups excluding carboxylic acids is 2. The largest absolute Gasteiger partial charge is 0.472 e. The minimum Gasteiger partial charge on any atom is -0.462 e. The van der Waals surface area contributed by atoms with Gasteiger partial charge in [-0.25, -0.2) is 4.57 Å². The number of unbranched alkanes of at least 4 members (excludes halogenated alkanes) is 26. The molecule has 18 nitrogen and oxygen atoms in total. The third kappa shape index (κ3) is 28.2. The number of phosphoric acid groups is 1. The van der Waals surface area contributed by atoms with E-state index < -0.39 is 113 Å². The van der Waals surface area contributed by atoms with Crippen LogP contribution in [0.1, 0.15) is 213 Å². The van der Waals surface area contributed by atoms with Crippen LogP contribution < -0.4 is 0 Å². The minimum absolute atomic E-state index is 0.0349. The fraction of sp³-hybridized carbons (Fsp3) is 0.923. The second kappa shape index (κ2) is 39.8. The fourth-order valence-corrected chi connectivity index (χ4v) is 9.90. The maximum atomic E-state index is 13.4. The number of carbonyl (C=O) groups is 2. The Morgan fingerprint density at radius 1 is 0.521 bits per heavy atom. The van der Waals surface area contributed by atoms with Crippen molar-refractivity contribution in [3.63, 3.8) is 0 Å². The highest BCUT2D eigenvalue weighted by Crippen LogP contribution is 2.48. The van der Waals surface area contributed by atoms with Gasteiger partial charge in [0.05, 0.1) is 13.2 Å². The molecule has 19 heteroatoms. The van der Waals surface area contributed by atoms with Crippen molar-refractivity contribution in [2.45, 2.75) is 286 Å². The van der Waals surface area contributed by atoms with Crippen molar-refractivity contribution in [1.29, 1.82) is 0 Å². The normalized spacial score (nSPS) is 27.2. The SMILES string of the molecule is CCCCCCCCC/C=C\CCCCCC(=O)OCC(COP(=O)(O)OC1C(O)C(O)C(O)C(O)C1OC1OC(CO)C(O)C(O)C1O)OC(=O)CCCCCCCCCCCCCCCCCCC. The zero-order valence-electron chi connectivity index (χ0n) is 43.3. The lowest BCUT2D eigenvalue weighted by molar-refractivity contribution is -0.338. The Kier molecular flexibility index (Phi) is 36.7. The zero-order valence-corrected chi connectivity index (χ0v) is 44.2. The van der Waals surface area contributed by atoms with Gasteiger partial charge in [-0.05, 0) is 38.5 Å². The summed E-state index contributed by atoms with van der Waals surface area (Å²) in [4.78, 5) is 36.6. The molecule has 2 aliphatic rings. The monoisotopic (exact) mass is 1040 g/mol. The number of aliphatic hydroxyl groups excluding tert-OH is 8. The number of phosphoric ester groups is 1. The first-order valence-corrected chi connectivity index (χ1v) is 29.0. The van der Waals surface area contributed by atoms with Gasteiger partial charge >= 0.3 is 19.8 Å². The van der Waals surface area contributed by atoms with Crippen molar-refractivity contribution < 1.29 is 87.9 Å². The van der Waals surface area contributed by atoms with Gasteiger partial charge in [-0.1, -0.05) is 174 Å². The number of hydrogen-bond donors (Lipinski definition) is 9. The van der Waals surface area contributed by atoms with Crippen LogP contribution >= 0.6 is 7.82 Å². The number of allylic oxidation sites excluding steroid dienone is 2.